The third-order valence-electron chi connectivity index (χ3n) is 4.57. The highest BCUT2D eigenvalue weighted by molar-refractivity contribution is 5.51. The van der Waals surface area contributed by atoms with E-state index in [4.69, 9.17) is 0 Å². The molecule has 0 atom stereocenters. The maximum atomic E-state index is 4.58. The number of hydrogen-bond acceptors (Lipinski definition) is 6. The average Bonchev–Trinajstić information content (AvgIpc) is 2.62. The van der Waals surface area contributed by atoms with E-state index in [1.165, 1.54) is 24.1 Å². The minimum atomic E-state index is 0.968. The molecule has 0 bridgehead atoms. The van der Waals surface area contributed by atoms with Gasteiger partial charge in [0.25, 0.3) is 0 Å². The summed E-state index contributed by atoms with van der Waals surface area (Å²) in [6, 6.07) is 1.97. The Morgan fingerprint density at radius 2 is 1.64 bits per heavy atom. The minimum absolute atomic E-state index is 0.968. The average molecular weight is 296 g/mol. The van der Waals surface area contributed by atoms with Crippen molar-refractivity contribution in [2.45, 2.75) is 25.7 Å². The van der Waals surface area contributed by atoms with E-state index in [2.05, 4.69) is 29.7 Å². The molecule has 0 spiro atoms. The first-order valence-electron chi connectivity index (χ1n) is 8.00. The molecular weight excluding hydrogens is 276 g/mol. The standard InChI is InChI=1S/C16H20N6/c1-2-4-14-13(3-1)16(20-12-18-14)22-9-7-21(8-10-22)15-5-6-17-11-19-15/h5-6,11-12H,1-4,7-10H2. The largest absolute Gasteiger partial charge is 0.353 e. The third-order valence-corrected chi connectivity index (χ3v) is 4.57. The summed E-state index contributed by atoms with van der Waals surface area (Å²) in [5.74, 6) is 2.17. The summed E-state index contributed by atoms with van der Waals surface area (Å²) in [4.78, 5) is 22.1. The van der Waals surface area contributed by atoms with Gasteiger partial charge in [-0.1, -0.05) is 0 Å². The number of aryl methyl sites for hydroxylation is 1. The summed E-state index contributed by atoms with van der Waals surface area (Å²) in [5.41, 5.74) is 2.64. The predicted molar refractivity (Wildman–Crippen MR) is 85.1 cm³/mol. The molecule has 1 saturated heterocycles. The van der Waals surface area contributed by atoms with Gasteiger partial charge >= 0.3 is 0 Å². The predicted octanol–water partition coefficient (Wildman–Crippen LogP) is 1.47. The Bertz CT molecular complexity index is 636. The molecule has 0 radical (unpaired) electrons. The smallest absolute Gasteiger partial charge is 0.135 e. The third kappa shape index (κ3) is 2.49. The zero-order valence-corrected chi connectivity index (χ0v) is 12.6. The second kappa shape index (κ2) is 5.87. The molecule has 0 unspecified atom stereocenters. The number of hydrogen-bond donors (Lipinski definition) is 0. The molecular formula is C16H20N6. The van der Waals surface area contributed by atoms with Crippen molar-refractivity contribution >= 4 is 11.6 Å². The lowest BCUT2D eigenvalue weighted by Crippen LogP contribution is -2.47. The van der Waals surface area contributed by atoms with E-state index >= 15 is 0 Å². The molecule has 0 saturated carbocycles. The van der Waals surface area contributed by atoms with Gasteiger partial charge < -0.3 is 9.80 Å². The Kier molecular flexibility index (Phi) is 3.58. The lowest BCUT2D eigenvalue weighted by atomic mass is 9.96. The number of aromatic nitrogens is 4. The van der Waals surface area contributed by atoms with Crippen molar-refractivity contribution in [1.82, 2.24) is 19.9 Å². The summed E-state index contributed by atoms with van der Waals surface area (Å²) in [6.07, 6.45) is 9.89. The summed E-state index contributed by atoms with van der Waals surface area (Å²) in [7, 11) is 0. The van der Waals surface area contributed by atoms with Crippen molar-refractivity contribution in [2.24, 2.45) is 0 Å². The summed E-state index contributed by atoms with van der Waals surface area (Å²) in [5, 5.41) is 0. The van der Waals surface area contributed by atoms with Crippen LogP contribution in [0.3, 0.4) is 0 Å². The molecule has 0 aromatic carbocycles. The molecule has 1 fully saturated rings. The molecule has 0 N–H and O–H groups in total. The fourth-order valence-electron chi connectivity index (χ4n) is 3.39. The normalized spacial score (nSPS) is 18.2. The monoisotopic (exact) mass is 296 g/mol. The SMILES string of the molecule is c1cc(N2CCN(c3ncnc4c3CCCC4)CC2)ncn1. The Balaban J connectivity index is 1.50. The first kappa shape index (κ1) is 13.4. The van der Waals surface area contributed by atoms with Crippen LogP contribution in [0.2, 0.25) is 0 Å². The molecule has 4 rings (SSSR count). The van der Waals surface area contributed by atoms with Gasteiger partial charge in [-0.15, -0.1) is 0 Å². The van der Waals surface area contributed by atoms with E-state index in [9.17, 15) is 0 Å². The topological polar surface area (TPSA) is 58.0 Å². The molecule has 2 aromatic heterocycles. The van der Waals surface area contributed by atoms with Crippen molar-refractivity contribution in [3.8, 4) is 0 Å². The van der Waals surface area contributed by atoms with Crippen LogP contribution in [0.4, 0.5) is 11.6 Å². The second-order valence-electron chi connectivity index (χ2n) is 5.87. The Hall–Kier alpha value is -2.24. The zero-order valence-electron chi connectivity index (χ0n) is 12.6. The van der Waals surface area contributed by atoms with Crippen LogP contribution in [0.5, 0.6) is 0 Å². The quantitative estimate of drug-likeness (QED) is 0.836. The van der Waals surface area contributed by atoms with Crippen LogP contribution in [0.1, 0.15) is 24.1 Å². The first-order chi connectivity index (χ1) is 10.9. The van der Waals surface area contributed by atoms with Crippen molar-refractivity contribution in [1.29, 1.82) is 0 Å². The van der Waals surface area contributed by atoms with Crippen LogP contribution in [0, 0.1) is 0 Å². The van der Waals surface area contributed by atoms with Gasteiger partial charge in [-0.05, 0) is 31.7 Å². The number of anilines is 2. The van der Waals surface area contributed by atoms with Gasteiger partial charge in [0, 0.05) is 43.6 Å². The second-order valence-corrected chi connectivity index (χ2v) is 5.87. The van der Waals surface area contributed by atoms with Gasteiger partial charge in [0.1, 0.15) is 24.3 Å². The molecule has 6 nitrogen and oxygen atoms in total. The van der Waals surface area contributed by atoms with Crippen LogP contribution in [0.15, 0.2) is 24.9 Å². The molecule has 114 valence electrons. The Morgan fingerprint density at radius 3 is 2.45 bits per heavy atom. The number of fused-ring (bicyclic) bond motifs is 1. The summed E-state index contributed by atoms with van der Waals surface area (Å²) >= 11 is 0. The highest BCUT2D eigenvalue weighted by atomic mass is 15.3. The Morgan fingerprint density at radius 1 is 0.818 bits per heavy atom. The van der Waals surface area contributed by atoms with Crippen LogP contribution in [-0.2, 0) is 12.8 Å². The van der Waals surface area contributed by atoms with E-state index in [-0.39, 0.29) is 0 Å². The molecule has 0 amide bonds. The van der Waals surface area contributed by atoms with Crippen molar-refractivity contribution in [3.05, 3.63) is 36.2 Å². The zero-order chi connectivity index (χ0) is 14.8. The van der Waals surface area contributed by atoms with E-state index in [0.29, 0.717) is 0 Å². The molecule has 3 heterocycles. The van der Waals surface area contributed by atoms with E-state index in [1.807, 2.05) is 6.07 Å². The van der Waals surface area contributed by atoms with Gasteiger partial charge in [-0.25, -0.2) is 19.9 Å². The van der Waals surface area contributed by atoms with Crippen molar-refractivity contribution in [2.75, 3.05) is 36.0 Å². The fraction of sp³-hybridized carbons (Fsp3) is 0.500. The van der Waals surface area contributed by atoms with E-state index in [1.54, 1.807) is 18.9 Å². The van der Waals surface area contributed by atoms with Crippen LogP contribution < -0.4 is 9.80 Å². The number of piperazine rings is 1. The van der Waals surface area contributed by atoms with Gasteiger partial charge in [-0.3, -0.25) is 0 Å². The lowest BCUT2D eigenvalue weighted by Gasteiger charge is -2.37. The van der Waals surface area contributed by atoms with Crippen molar-refractivity contribution in [3.63, 3.8) is 0 Å². The van der Waals surface area contributed by atoms with Crippen LogP contribution >= 0.6 is 0 Å². The van der Waals surface area contributed by atoms with E-state index in [0.717, 1.165) is 50.7 Å². The Labute approximate surface area is 130 Å². The van der Waals surface area contributed by atoms with Gasteiger partial charge in [0.2, 0.25) is 0 Å². The molecule has 6 heteroatoms. The summed E-state index contributed by atoms with van der Waals surface area (Å²) < 4.78 is 0. The highest BCUT2D eigenvalue weighted by Gasteiger charge is 2.23. The molecule has 2 aromatic rings. The highest BCUT2D eigenvalue weighted by Crippen LogP contribution is 2.28. The van der Waals surface area contributed by atoms with Crippen molar-refractivity contribution < 1.29 is 0 Å². The maximum Gasteiger partial charge on any atom is 0.135 e. The minimum Gasteiger partial charge on any atom is -0.353 e. The van der Waals surface area contributed by atoms with Gasteiger partial charge in [0.15, 0.2) is 0 Å². The molecule has 1 aliphatic heterocycles. The lowest BCUT2D eigenvalue weighted by molar-refractivity contribution is 0.619. The summed E-state index contributed by atoms with van der Waals surface area (Å²) in [6.45, 7) is 3.90. The van der Waals surface area contributed by atoms with E-state index < -0.39 is 0 Å². The first-order valence-corrected chi connectivity index (χ1v) is 8.00. The van der Waals surface area contributed by atoms with Crippen LogP contribution in [0.25, 0.3) is 0 Å². The van der Waals surface area contributed by atoms with Gasteiger partial charge in [0.05, 0.1) is 0 Å². The molecule has 1 aliphatic carbocycles. The number of rotatable bonds is 2. The maximum absolute atomic E-state index is 4.58. The molecule has 2 aliphatic rings. The fourth-order valence-corrected chi connectivity index (χ4v) is 3.39. The molecule has 22 heavy (non-hydrogen) atoms. The van der Waals surface area contributed by atoms with Gasteiger partial charge in [-0.2, -0.15) is 0 Å². The van der Waals surface area contributed by atoms with Crippen LogP contribution in [-0.4, -0.2) is 46.1 Å². The number of nitrogens with zero attached hydrogens (tertiary/aromatic N) is 6.